The van der Waals surface area contributed by atoms with Gasteiger partial charge in [-0.15, -0.1) is 0 Å². The van der Waals surface area contributed by atoms with Crippen LogP contribution in [-0.2, 0) is 10.1 Å². The average Bonchev–Trinajstić information content (AvgIpc) is 3.38. The van der Waals surface area contributed by atoms with Crippen LogP contribution in [0.5, 0.6) is 0 Å². The van der Waals surface area contributed by atoms with Gasteiger partial charge in [0.25, 0.3) is 0 Å². The fourth-order valence-electron chi connectivity index (χ4n) is 10.3. The molecule has 0 aliphatic carbocycles. The molecule has 3 aromatic carbocycles. The summed E-state index contributed by atoms with van der Waals surface area (Å²) in [7, 11) is -2.19. The fourth-order valence-corrected chi connectivity index (χ4v) is 10.3. The zero-order valence-electron chi connectivity index (χ0n) is 47.0. The SMILES string of the molecule is CCCC[N+](CCCC)(CCCC)CCCC.CCCC[N+](CCCC)(CCCC)CCCC.[O-]B([O-])OCCCCCCCCCCCC(c1ccc(F)cc1)(c1ccc(F)cc1)c1ccc(F)cc1. The van der Waals surface area contributed by atoms with E-state index in [1.54, 1.807) is 36.4 Å². The molecule has 0 N–H and O–H groups in total. The van der Waals surface area contributed by atoms with Crippen molar-refractivity contribution in [2.45, 2.75) is 228 Å². The lowest BCUT2D eigenvalue weighted by Gasteiger charge is -2.39. The number of hydrogen-bond donors (Lipinski definition) is 0. The second kappa shape index (κ2) is 41.6. The molecule has 3 aromatic rings. The molecule has 5 nitrogen and oxygen atoms in total. The molecule has 0 saturated carbocycles. The predicted molar refractivity (Wildman–Crippen MR) is 296 cm³/mol. The van der Waals surface area contributed by atoms with Crippen molar-refractivity contribution in [3.63, 3.8) is 0 Å². The normalized spacial score (nSPS) is 11.8. The maximum absolute atomic E-state index is 13.8. The Balaban J connectivity index is 0.000000618. The van der Waals surface area contributed by atoms with Crippen LogP contribution in [0, 0.1) is 17.5 Å². The monoisotopic (exact) mass is 995 g/mol. The first-order chi connectivity index (χ1) is 34.4. The highest BCUT2D eigenvalue weighted by Crippen LogP contribution is 2.44. The summed E-state index contributed by atoms with van der Waals surface area (Å²) < 4.78 is 48.8. The van der Waals surface area contributed by atoms with Crippen molar-refractivity contribution in [3.8, 4) is 0 Å². The lowest BCUT2D eigenvalue weighted by atomic mass is 9.66. The number of quaternary nitrogens is 2. The molecule has 406 valence electrons. The van der Waals surface area contributed by atoms with Gasteiger partial charge in [-0.1, -0.05) is 195 Å². The predicted octanol–water partition coefficient (Wildman–Crippen LogP) is 16.1. The van der Waals surface area contributed by atoms with Gasteiger partial charge in [-0.2, -0.15) is 0 Å². The van der Waals surface area contributed by atoms with Crippen molar-refractivity contribution < 1.29 is 36.8 Å². The molecule has 0 atom stereocenters. The largest absolute Gasteiger partial charge is 0.871 e. The molecule has 0 aromatic heterocycles. The molecule has 0 spiro atoms. The van der Waals surface area contributed by atoms with Crippen LogP contribution in [0.4, 0.5) is 13.2 Å². The summed E-state index contributed by atoms with van der Waals surface area (Å²) in [5, 5.41) is 20.6. The Kier molecular flexibility index (Phi) is 38.9. The average molecular weight is 995 g/mol. The second-order valence-electron chi connectivity index (χ2n) is 20.8. The molecule has 0 bridgehead atoms. The smallest absolute Gasteiger partial charge is 0.123 e. The molecule has 9 heteroatoms. The zero-order valence-corrected chi connectivity index (χ0v) is 47.0. The van der Waals surface area contributed by atoms with Crippen LogP contribution in [0.2, 0.25) is 0 Å². The molecule has 3 rings (SSSR count). The zero-order chi connectivity index (χ0) is 52.5. The summed E-state index contributed by atoms with van der Waals surface area (Å²) in [6.45, 7) is 30.3. The van der Waals surface area contributed by atoms with E-state index in [1.165, 1.54) is 200 Å². The summed E-state index contributed by atoms with van der Waals surface area (Å²) in [4.78, 5) is 0. The first kappa shape index (κ1) is 66.3. The van der Waals surface area contributed by atoms with Crippen LogP contribution in [0.1, 0.15) is 239 Å². The first-order valence-corrected chi connectivity index (χ1v) is 29.3. The Bertz CT molecular complexity index is 1420. The van der Waals surface area contributed by atoms with E-state index in [9.17, 15) is 23.2 Å². The quantitative estimate of drug-likeness (QED) is 0.0247. The number of hydrogen-bond acceptors (Lipinski definition) is 3. The van der Waals surface area contributed by atoms with E-state index in [1.807, 2.05) is 0 Å². The highest BCUT2D eigenvalue weighted by Gasteiger charge is 2.36. The third-order valence-electron chi connectivity index (χ3n) is 14.8. The van der Waals surface area contributed by atoms with Crippen LogP contribution in [-0.4, -0.2) is 75.3 Å². The van der Waals surface area contributed by atoms with Crippen molar-refractivity contribution in [2.24, 2.45) is 0 Å². The lowest BCUT2D eigenvalue weighted by molar-refractivity contribution is -0.929. The molecule has 0 aliphatic heterocycles. The molecule has 0 radical (unpaired) electrons. The van der Waals surface area contributed by atoms with Gasteiger partial charge in [0.1, 0.15) is 17.5 Å². The highest BCUT2D eigenvalue weighted by molar-refractivity contribution is 6.28. The van der Waals surface area contributed by atoms with Gasteiger partial charge in [0.2, 0.25) is 0 Å². The minimum absolute atomic E-state index is 0.232. The van der Waals surface area contributed by atoms with Gasteiger partial charge in [0.05, 0.1) is 59.7 Å². The Morgan fingerprint density at radius 2 is 0.577 bits per heavy atom. The number of benzene rings is 3. The van der Waals surface area contributed by atoms with Gasteiger partial charge in [0.15, 0.2) is 0 Å². The van der Waals surface area contributed by atoms with Gasteiger partial charge >= 0.3 is 0 Å². The molecular weight excluding hydrogens is 888 g/mol. The second-order valence-corrected chi connectivity index (χ2v) is 20.8. The molecule has 0 amide bonds. The molecule has 71 heavy (non-hydrogen) atoms. The van der Waals surface area contributed by atoms with E-state index >= 15 is 0 Å². The minimum Gasteiger partial charge on any atom is -0.871 e. The van der Waals surface area contributed by atoms with Crippen LogP contribution in [0.15, 0.2) is 72.8 Å². The van der Waals surface area contributed by atoms with E-state index in [-0.39, 0.29) is 24.1 Å². The number of nitrogens with zero attached hydrogens (tertiary/aromatic N) is 2. The van der Waals surface area contributed by atoms with Crippen LogP contribution in [0.3, 0.4) is 0 Å². The van der Waals surface area contributed by atoms with E-state index < -0.39 is 12.7 Å². The van der Waals surface area contributed by atoms with Gasteiger partial charge in [-0.05, 0) is 117 Å². The third-order valence-corrected chi connectivity index (χ3v) is 14.8. The summed E-state index contributed by atoms with van der Waals surface area (Å²) in [5.74, 6) is -0.991. The standard InChI is InChI=1S/C30H34BF3O3.2C16H36N/c32-27-16-10-24(11-17-27)30(25-12-18-28(33)19-13-25,26-14-20-29(34)21-15-26)22-8-6-4-2-1-3-5-7-9-23-37-31(35)36;2*1-5-9-13-17(14-10-6-2,15-11-7-3)16-12-8-4/h10-21H,1-9,22-23H2;2*5-16H2,1-4H3/q-2;2*+1. The molecule has 0 fully saturated rings. The van der Waals surface area contributed by atoms with Crippen molar-refractivity contribution in [3.05, 3.63) is 107 Å². The molecule has 0 saturated heterocycles. The molecular formula is C62H106BF3N2O3. The fraction of sp³-hybridized carbons (Fsp3) is 0.710. The Morgan fingerprint density at radius 1 is 0.352 bits per heavy atom. The molecule has 0 unspecified atom stereocenters. The van der Waals surface area contributed by atoms with Gasteiger partial charge in [-0.25, -0.2) is 13.2 Å². The van der Waals surface area contributed by atoms with Gasteiger partial charge in [0, 0.05) is 12.0 Å². The van der Waals surface area contributed by atoms with E-state index in [0.29, 0.717) is 0 Å². The van der Waals surface area contributed by atoms with Gasteiger partial charge < -0.3 is 23.7 Å². The maximum atomic E-state index is 13.8. The van der Waals surface area contributed by atoms with Crippen LogP contribution < -0.4 is 10.0 Å². The van der Waals surface area contributed by atoms with Crippen LogP contribution in [0.25, 0.3) is 0 Å². The number of halogens is 3. The van der Waals surface area contributed by atoms with Crippen molar-refractivity contribution in [1.82, 2.24) is 0 Å². The Hall–Kier alpha value is -2.69. The Labute approximate surface area is 436 Å². The summed E-state index contributed by atoms with van der Waals surface area (Å²) in [6, 6.07) is 19.2. The van der Waals surface area contributed by atoms with Crippen molar-refractivity contribution in [1.29, 1.82) is 0 Å². The highest BCUT2D eigenvalue weighted by atomic mass is 19.1. The Morgan fingerprint density at radius 3 is 0.803 bits per heavy atom. The summed E-state index contributed by atoms with van der Waals surface area (Å²) in [5.41, 5.74) is 1.99. The number of rotatable bonds is 40. The van der Waals surface area contributed by atoms with Crippen LogP contribution >= 0.6 is 0 Å². The topological polar surface area (TPSA) is 55.3 Å². The maximum Gasteiger partial charge on any atom is 0.123 e. The van der Waals surface area contributed by atoms with Gasteiger partial charge in [-0.3, -0.25) is 0 Å². The van der Waals surface area contributed by atoms with E-state index in [0.717, 1.165) is 80.9 Å². The van der Waals surface area contributed by atoms with Crippen molar-refractivity contribution >= 4 is 7.32 Å². The van der Waals surface area contributed by atoms with Crippen molar-refractivity contribution in [2.75, 3.05) is 59.0 Å². The molecule has 0 heterocycles. The summed E-state index contributed by atoms with van der Waals surface area (Å²) in [6.07, 6.45) is 31.9. The van der Waals surface area contributed by atoms with E-state index in [2.05, 4.69) is 60.0 Å². The summed E-state index contributed by atoms with van der Waals surface area (Å²) >= 11 is 0. The van der Waals surface area contributed by atoms with E-state index in [4.69, 9.17) is 0 Å². The first-order valence-electron chi connectivity index (χ1n) is 29.3. The third kappa shape index (κ3) is 28.0. The molecule has 0 aliphatic rings. The lowest BCUT2D eigenvalue weighted by Crippen LogP contribution is -2.50. The number of unbranched alkanes of at least 4 members (excludes halogenated alkanes) is 16. The minimum atomic E-state index is -2.19.